The lowest BCUT2D eigenvalue weighted by Crippen LogP contribution is -2.44. The quantitative estimate of drug-likeness (QED) is 0.764. The number of hydrogen-bond acceptors (Lipinski definition) is 3. The lowest BCUT2D eigenvalue weighted by molar-refractivity contribution is -0.00673. The molecule has 0 aromatic heterocycles. The Morgan fingerprint density at radius 3 is 2.44 bits per heavy atom. The highest BCUT2D eigenvalue weighted by Gasteiger charge is 2.33. The Bertz CT molecular complexity index is 198. The van der Waals surface area contributed by atoms with E-state index in [1.54, 1.807) is 0 Å². The molecule has 0 aromatic rings. The fraction of sp³-hybridized carbons (Fsp3) is 1.00. The molecule has 1 saturated carbocycles. The molecule has 1 fully saturated rings. The van der Waals surface area contributed by atoms with E-state index in [4.69, 9.17) is 5.11 Å². The van der Waals surface area contributed by atoms with Gasteiger partial charge in [-0.15, -0.1) is 0 Å². The van der Waals surface area contributed by atoms with Gasteiger partial charge in [-0.05, 0) is 38.6 Å². The largest absolute Gasteiger partial charge is 0.395 e. The first-order chi connectivity index (χ1) is 7.45. The summed E-state index contributed by atoms with van der Waals surface area (Å²) in [4.78, 5) is 2.15. The molecule has 2 N–H and O–H groups in total. The predicted octanol–water partition coefficient (Wildman–Crippen LogP) is 1.34. The van der Waals surface area contributed by atoms with Crippen molar-refractivity contribution in [3.63, 3.8) is 0 Å². The van der Waals surface area contributed by atoms with Crippen LogP contribution in [0.2, 0.25) is 0 Å². The maximum Gasteiger partial charge on any atom is 0.0585 e. The highest BCUT2D eigenvalue weighted by Crippen LogP contribution is 2.34. The van der Waals surface area contributed by atoms with Crippen LogP contribution in [0.1, 0.15) is 33.6 Å². The SMILES string of the molecule is CC1CC(C)C(CN(C)C(C)CO)C(O)C1. The van der Waals surface area contributed by atoms with Gasteiger partial charge in [-0.2, -0.15) is 0 Å². The average molecular weight is 229 g/mol. The van der Waals surface area contributed by atoms with Gasteiger partial charge in [0, 0.05) is 18.5 Å². The molecule has 0 radical (unpaired) electrons. The average Bonchev–Trinajstić information content (AvgIpc) is 2.21. The summed E-state index contributed by atoms with van der Waals surface area (Å²) in [5.74, 6) is 1.57. The van der Waals surface area contributed by atoms with Crippen LogP contribution in [0.25, 0.3) is 0 Å². The van der Waals surface area contributed by atoms with Crippen LogP contribution in [0.4, 0.5) is 0 Å². The maximum absolute atomic E-state index is 10.1. The van der Waals surface area contributed by atoms with Crippen LogP contribution in [0, 0.1) is 17.8 Å². The maximum atomic E-state index is 10.1. The molecule has 1 aliphatic rings. The second-order valence-corrected chi connectivity index (χ2v) is 5.76. The Morgan fingerprint density at radius 2 is 1.94 bits per heavy atom. The van der Waals surface area contributed by atoms with Crippen molar-refractivity contribution in [2.75, 3.05) is 20.2 Å². The first-order valence-corrected chi connectivity index (χ1v) is 6.44. The number of hydrogen-bond donors (Lipinski definition) is 2. The highest BCUT2D eigenvalue weighted by atomic mass is 16.3. The summed E-state index contributed by atoms with van der Waals surface area (Å²) in [5, 5.41) is 19.2. The number of rotatable bonds is 4. The normalized spacial score (nSPS) is 37.7. The van der Waals surface area contributed by atoms with E-state index in [2.05, 4.69) is 18.7 Å². The zero-order valence-corrected chi connectivity index (χ0v) is 11.1. The molecule has 0 heterocycles. The molecule has 5 unspecified atom stereocenters. The molecule has 16 heavy (non-hydrogen) atoms. The fourth-order valence-electron chi connectivity index (χ4n) is 2.83. The molecule has 3 heteroatoms. The van der Waals surface area contributed by atoms with Gasteiger partial charge in [-0.1, -0.05) is 13.8 Å². The third-order valence-electron chi connectivity index (χ3n) is 4.16. The van der Waals surface area contributed by atoms with E-state index >= 15 is 0 Å². The Balaban J connectivity index is 2.52. The topological polar surface area (TPSA) is 43.7 Å². The van der Waals surface area contributed by atoms with E-state index < -0.39 is 0 Å². The monoisotopic (exact) mass is 229 g/mol. The van der Waals surface area contributed by atoms with Crippen LogP contribution in [0.15, 0.2) is 0 Å². The van der Waals surface area contributed by atoms with Crippen molar-refractivity contribution in [3.05, 3.63) is 0 Å². The predicted molar refractivity (Wildman–Crippen MR) is 66.2 cm³/mol. The number of aliphatic hydroxyl groups is 2. The van der Waals surface area contributed by atoms with Gasteiger partial charge < -0.3 is 15.1 Å². The molecule has 0 aliphatic heterocycles. The van der Waals surface area contributed by atoms with Crippen molar-refractivity contribution in [2.45, 2.75) is 45.8 Å². The van der Waals surface area contributed by atoms with Crippen molar-refractivity contribution in [3.8, 4) is 0 Å². The van der Waals surface area contributed by atoms with Gasteiger partial charge in [0.1, 0.15) is 0 Å². The van der Waals surface area contributed by atoms with E-state index in [9.17, 15) is 5.11 Å². The van der Waals surface area contributed by atoms with Crippen molar-refractivity contribution in [2.24, 2.45) is 17.8 Å². The Hall–Kier alpha value is -0.120. The molecule has 0 bridgehead atoms. The molecule has 3 nitrogen and oxygen atoms in total. The first kappa shape index (κ1) is 13.9. The fourth-order valence-corrected chi connectivity index (χ4v) is 2.83. The molecule has 0 aromatic carbocycles. The van der Waals surface area contributed by atoms with Crippen molar-refractivity contribution in [1.29, 1.82) is 0 Å². The van der Waals surface area contributed by atoms with Gasteiger partial charge in [0.15, 0.2) is 0 Å². The summed E-state index contributed by atoms with van der Waals surface area (Å²) in [6, 6.07) is 0.179. The zero-order valence-electron chi connectivity index (χ0n) is 11.1. The van der Waals surface area contributed by atoms with Gasteiger partial charge in [0.25, 0.3) is 0 Å². The van der Waals surface area contributed by atoms with Crippen molar-refractivity contribution >= 4 is 0 Å². The van der Waals surface area contributed by atoms with Gasteiger partial charge in [0.05, 0.1) is 12.7 Å². The third-order valence-corrected chi connectivity index (χ3v) is 4.16. The minimum absolute atomic E-state index is 0.174. The summed E-state index contributed by atoms with van der Waals surface area (Å²) in [7, 11) is 2.03. The zero-order chi connectivity index (χ0) is 12.3. The van der Waals surface area contributed by atoms with E-state index in [-0.39, 0.29) is 18.8 Å². The molecule has 0 amide bonds. The third kappa shape index (κ3) is 3.44. The van der Waals surface area contributed by atoms with Gasteiger partial charge in [-0.3, -0.25) is 0 Å². The standard InChI is InChI=1S/C13H27NO2/c1-9-5-10(2)12(13(16)6-9)7-14(4)11(3)8-15/h9-13,15-16H,5-8H2,1-4H3. The minimum atomic E-state index is -0.174. The van der Waals surface area contributed by atoms with Crippen LogP contribution in [0.3, 0.4) is 0 Å². The van der Waals surface area contributed by atoms with Crippen LogP contribution >= 0.6 is 0 Å². The van der Waals surface area contributed by atoms with E-state index in [1.807, 2.05) is 14.0 Å². The van der Waals surface area contributed by atoms with E-state index in [0.29, 0.717) is 17.8 Å². The molecular formula is C13H27NO2. The van der Waals surface area contributed by atoms with Crippen molar-refractivity contribution < 1.29 is 10.2 Å². The summed E-state index contributed by atoms with van der Waals surface area (Å²) in [6.07, 6.45) is 1.96. The number of likely N-dealkylation sites (N-methyl/N-ethyl adjacent to an activating group) is 1. The molecule has 96 valence electrons. The summed E-state index contributed by atoms with van der Waals surface area (Å²) < 4.78 is 0. The smallest absolute Gasteiger partial charge is 0.0585 e. The molecule has 1 rings (SSSR count). The van der Waals surface area contributed by atoms with Crippen LogP contribution in [-0.2, 0) is 0 Å². The summed E-state index contributed by atoms with van der Waals surface area (Å²) in [6.45, 7) is 7.54. The summed E-state index contributed by atoms with van der Waals surface area (Å²) in [5.41, 5.74) is 0. The summed E-state index contributed by atoms with van der Waals surface area (Å²) >= 11 is 0. The molecule has 1 aliphatic carbocycles. The van der Waals surface area contributed by atoms with Crippen LogP contribution in [-0.4, -0.2) is 47.5 Å². The molecular weight excluding hydrogens is 202 g/mol. The van der Waals surface area contributed by atoms with Crippen molar-refractivity contribution in [1.82, 2.24) is 4.90 Å². The number of aliphatic hydroxyl groups excluding tert-OH is 2. The van der Waals surface area contributed by atoms with Crippen LogP contribution < -0.4 is 0 Å². The van der Waals surface area contributed by atoms with Crippen LogP contribution in [0.5, 0.6) is 0 Å². The Morgan fingerprint density at radius 1 is 1.31 bits per heavy atom. The van der Waals surface area contributed by atoms with E-state index in [1.165, 1.54) is 6.42 Å². The minimum Gasteiger partial charge on any atom is -0.395 e. The first-order valence-electron chi connectivity index (χ1n) is 6.44. The molecule has 0 spiro atoms. The number of nitrogens with zero attached hydrogens (tertiary/aromatic N) is 1. The van der Waals surface area contributed by atoms with Gasteiger partial charge in [0.2, 0.25) is 0 Å². The lowest BCUT2D eigenvalue weighted by atomic mass is 9.73. The molecule has 5 atom stereocenters. The Labute approximate surface area is 99.5 Å². The van der Waals surface area contributed by atoms with Gasteiger partial charge >= 0.3 is 0 Å². The van der Waals surface area contributed by atoms with E-state index in [0.717, 1.165) is 13.0 Å². The second kappa shape index (κ2) is 5.99. The highest BCUT2D eigenvalue weighted by molar-refractivity contribution is 4.85. The molecule has 0 saturated heterocycles. The second-order valence-electron chi connectivity index (χ2n) is 5.76. The van der Waals surface area contributed by atoms with Gasteiger partial charge in [-0.25, -0.2) is 0 Å². The lowest BCUT2D eigenvalue weighted by Gasteiger charge is -2.40. The Kier molecular flexibility index (Phi) is 5.22.